The third-order valence-corrected chi connectivity index (χ3v) is 5.77. The maximum Gasteiger partial charge on any atom is 0.243 e. The Balaban J connectivity index is 2.14. The van der Waals surface area contributed by atoms with Crippen LogP contribution in [0, 0.1) is 12.7 Å². The molecule has 2 rings (SSSR count). The van der Waals surface area contributed by atoms with Gasteiger partial charge in [-0.15, -0.1) is 0 Å². The third kappa shape index (κ3) is 8.09. The second-order valence-corrected chi connectivity index (χ2v) is 10.2. The topological polar surface area (TPSA) is 95.6 Å². The number of carbonyl (C=O) groups is 3. The van der Waals surface area contributed by atoms with Crippen LogP contribution >= 0.6 is 0 Å². The number of hydrogen-bond donors (Lipinski definition) is 2. The van der Waals surface area contributed by atoms with E-state index in [0.717, 1.165) is 5.56 Å². The monoisotopic (exact) mass is 475 g/mol. The van der Waals surface area contributed by atoms with Crippen LogP contribution in [0.15, 0.2) is 48.5 Å². The first-order chi connectivity index (χ1) is 15.4. The van der Waals surface area contributed by atoms with E-state index in [2.05, 4.69) is 10.6 Å². The van der Waals surface area contributed by atoms with Crippen molar-refractivity contribution in [3.63, 3.8) is 0 Å². The quantitative estimate of drug-likeness (QED) is 0.613. The van der Waals surface area contributed by atoms with Crippen LogP contribution in [-0.2, 0) is 25.2 Å². The number of nitrogens with zero attached hydrogens (tertiary/aromatic N) is 1. The van der Waals surface area contributed by atoms with Gasteiger partial charge in [-0.3, -0.25) is 23.5 Å². The maximum atomic E-state index is 13.2. The van der Waals surface area contributed by atoms with Gasteiger partial charge in [0.2, 0.25) is 17.7 Å². The summed E-state index contributed by atoms with van der Waals surface area (Å²) in [5.41, 5.74) is 1.18. The van der Waals surface area contributed by atoms with Gasteiger partial charge in [0.25, 0.3) is 0 Å². The zero-order valence-electron chi connectivity index (χ0n) is 19.5. The number of rotatable bonds is 8. The number of nitrogens with one attached hydrogen (secondary N) is 2. The zero-order chi connectivity index (χ0) is 24.8. The number of aryl methyl sites for hydroxylation is 1. The van der Waals surface area contributed by atoms with E-state index >= 15 is 0 Å². The van der Waals surface area contributed by atoms with Crippen LogP contribution in [0.3, 0.4) is 0 Å². The summed E-state index contributed by atoms with van der Waals surface area (Å²) in [5.74, 6) is -2.73. The molecule has 9 heteroatoms. The summed E-state index contributed by atoms with van der Waals surface area (Å²) in [6.45, 7) is 8.94. The minimum absolute atomic E-state index is 0.348. The highest BCUT2D eigenvalue weighted by Crippen LogP contribution is 2.23. The number of amides is 3. The lowest BCUT2D eigenvalue weighted by molar-refractivity contribution is -0.126. The molecule has 33 heavy (non-hydrogen) atoms. The Morgan fingerprint density at radius 3 is 2.21 bits per heavy atom. The molecule has 3 amide bonds. The van der Waals surface area contributed by atoms with E-state index in [1.54, 1.807) is 19.1 Å². The minimum Gasteiger partial charge on any atom is -0.350 e. The summed E-state index contributed by atoms with van der Waals surface area (Å²) in [6.07, 6.45) is 0. The molecule has 0 heterocycles. The van der Waals surface area contributed by atoms with Gasteiger partial charge in [-0.25, -0.2) is 4.39 Å². The molecule has 0 aromatic heterocycles. The minimum atomic E-state index is -1.82. The molecule has 2 aromatic carbocycles. The summed E-state index contributed by atoms with van der Waals surface area (Å²) in [6, 6.07) is 11.4. The number of hydrogen-bond acceptors (Lipinski definition) is 4. The standard InChI is InChI=1S/C24H30FN3O4S/c1-16-8-6-7-9-20(16)28(17(2)23(31)27-24(3,4)5)22(30)15-33(32)14-21(29)26-19-12-10-18(25)11-13-19/h6-13,17H,14-15H2,1-5H3,(H,26,29)(H,27,31)/t17-,33+/m1/s1. The van der Waals surface area contributed by atoms with E-state index in [4.69, 9.17) is 0 Å². The Morgan fingerprint density at radius 2 is 1.64 bits per heavy atom. The van der Waals surface area contributed by atoms with Crippen LogP contribution in [0.4, 0.5) is 15.8 Å². The van der Waals surface area contributed by atoms with Gasteiger partial charge in [0.15, 0.2) is 0 Å². The summed E-state index contributed by atoms with van der Waals surface area (Å²) in [4.78, 5) is 39.5. The Morgan fingerprint density at radius 1 is 1.03 bits per heavy atom. The summed E-state index contributed by atoms with van der Waals surface area (Å²) in [7, 11) is -1.82. The van der Waals surface area contributed by atoms with Crippen LogP contribution in [0.1, 0.15) is 33.3 Å². The molecule has 0 saturated carbocycles. The number of anilines is 2. The van der Waals surface area contributed by atoms with Gasteiger partial charge in [0.1, 0.15) is 23.4 Å². The molecule has 2 N–H and O–H groups in total. The predicted octanol–water partition coefficient (Wildman–Crippen LogP) is 3.16. The summed E-state index contributed by atoms with van der Waals surface area (Å²) in [5, 5.41) is 5.38. The maximum absolute atomic E-state index is 13.2. The second-order valence-electron chi connectivity index (χ2n) is 8.75. The van der Waals surface area contributed by atoms with Gasteiger partial charge >= 0.3 is 0 Å². The molecule has 178 valence electrons. The highest BCUT2D eigenvalue weighted by molar-refractivity contribution is 7.86. The molecular weight excluding hydrogens is 445 g/mol. The molecule has 0 saturated heterocycles. The predicted molar refractivity (Wildman–Crippen MR) is 129 cm³/mol. The molecule has 0 aliphatic heterocycles. The number of carbonyl (C=O) groups excluding carboxylic acids is 3. The largest absolute Gasteiger partial charge is 0.350 e. The van der Waals surface area contributed by atoms with E-state index in [-0.39, 0.29) is 5.91 Å². The van der Waals surface area contributed by atoms with E-state index in [9.17, 15) is 23.0 Å². The SMILES string of the molecule is Cc1ccccc1N(C(=O)C[S@@](=O)CC(=O)Nc1ccc(F)cc1)[C@H](C)C(=O)NC(C)(C)C. The van der Waals surface area contributed by atoms with Crippen molar-refractivity contribution in [1.29, 1.82) is 0 Å². The number of para-hydroxylation sites is 1. The van der Waals surface area contributed by atoms with Crippen LogP contribution in [0.5, 0.6) is 0 Å². The fraction of sp³-hybridized carbons (Fsp3) is 0.375. The van der Waals surface area contributed by atoms with Gasteiger partial charge in [-0.1, -0.05) is 18.2 Å². The number of benzene rings is 2. The number of halogens is 1. The van der Waals surface area contributed by atoms with Crippen LogP contribution in [0.25, 0.3) is 0 Å². The first-order valence-electron chi connectivity index (χ1n) is 10.5. The normalized spacial score (nSPS) is 13.0. The Hall–Kier alpha value is -3.07. The summed E-state index contributed by atoms with van der Waals surface area (Å²) >= 11 is 0. The van der Waals surface area contributed by atoms with Crippen molar-refractivity contribution in [3.8, 4) is 0 Å². The molecule has 0 fully saturated rings. The molecule has 2 aromatic rings. The lowest BCUT2D eigenvalue weighted by atomic mass is 10.1. The third-order valence-electron chi connectivity index (χ3n) is 4.61. The highest BCUT2D eigenvalue weighted by Gasteiger charge is 2.31. The fourth-order valence-corrected chi connectivity index (χ4v) is 4.00. The lowest BCUT2D eigenvalue weighted by Crippen LogP contribution is -2.54. The molecule has 0 spiro atoms. The van der Waals surface area contributed by atoms with E-state index in [1.807, 2.05) is 39.8 Å². The van der Waals surface area contributed by atoms with Crippen LogP contribution in [0.2, 0.25) is 0 Å². The van der Waals surface area contributed by atoms with Crippen molar-refractivity contribution in [3.05, 3.63) is 59.9 Å². The van der Waals surface area contributed by atoms with Crippen molar-refractivity contribution in [1.82, 2.24) is 5.32 Å². The van der Waals surface area contributed by atoms with Gasteiger partial charge in [0.05, 0.1) is 0 Å². The van der Waals surface area contributed by atoms with Crippen LogP contribution in [-0.4, -0.2) is 45.0 Å². The van der Waals surface area contributed by atoms with E-state index in [1.165, 1.54) is 29.2 Å². The van der Waals surface area contributed by atoms with Gasteiger partial charge < -0.3 is 10.6 Å². The molecule has 2 atom stereocenters. The Kier molecular flexibility index (Phi) is 8.87. The smallest absolute Gasteiger partial charge is 0.243 e. The molecule has 7 nitrogen and oxygen atoms in total. The Bertz CT molecular complexity index is 1030. The summed E-state index contributed by atoms with van der Waals surface area (Å²) < 4.78 is 25.6. The van der Waals surface area contributed by atoms with E-state index in [0.29, 0.717) is 11.4 Å². The molecule has 0 aliphatic carbocycles. The van der Waals surface area contributed by atoms with Crippen molar-refractivity contribution < 1.29 is 23.0 Å². The molecule has 0 aliphatic rings. The van der Waals surface area contributed by atoms with Gasteiger partial charge in [0, 0.05) is 27.7 Å². The molecule has 0 bridgehead atoms. The molecular formula is C24H30FN3O4S. The van der Waals surface area contributed by atoms with Crippen molar-refractivity contribution in [2.75, 3.05) is 21.7 Å². The average Bonchev–Trinajstić information content (AvgIpc) is 2.69. The highest BCUT2D eigenvalue weighted by atomic mass is 32.2. The Labute approximate surface area is 196 Å². The van der Waals surface area contributed by atoms with Gasteiger partial charge in [-0.2, -0.15) is 0 Å². The van der Waals surface area contributed by atoms with E-state index < -0.39 is 51.5 Å². The van der Waals surface area contributed by atoms with Crippen LogP contribution < -0.4 is 15.5 Å². The molecule has 0 radical (unpaired) electrons. The van der Waals surface area contributed by atoms with Crippen molar-refractivity contribution in [2.45, 2.75) is 46.2 Å². The van der Waals surface area contributed by atoms with Crippen molar-refractivity contribution >= 4 is 39.9 Å². The second kappa shape index (κ2) is 11.2. The fourth-order valence-electron chi connectivity index (χ4n) is 3.12. The van der Waals surface area contributed by atoms with Gasteiger partial charge in [-0.05, 0) is 70.5 Å². The first kappa shape index (κ1) is 26.2. The first-order valence-corrected chi connectivity index (χ1v) is 12.0. The average molecular weight is 476 g/mol. The lowest BCUT2D eigenvalue weighted by Gasteiger charge is -2.32. The molecule has 0 unspecified atom stereocenters. The van der Waals surface area contributed by atoms with Crippen molar-refractivity contribution in [2.24, 2.45) is 0 Å². The zero-order valence-corrected chi connectivity index (χ0v) is 20.3.